The van der Waals surface area contributed by atoms with Crippen molar-refractivity contribution in [1.29, 1.82) is 0 Å². The molecule has 0 aliphatic carbocycles. The molecule has 0 fully saturated rings. The highest BCUT2D eigenvalue weighted by Crippen LogP contribution is 2.38. The van der Waals surface area contributed by atoms with Crippen LogP contribution in [0.1, 0.15) is 67.3 Å². The molecule has 1 heterocycles. The van der Waals surface area contributed by atoms with E-state index in [1.165, 1.54) is 50.2 Å². The Bertz CT molecular complexity index is 1210. The fraction of sp³-hybridized carbons (Fsp3) is 0.300. The maximum Gasteiger partial charge on any atom is 0.144 e. The number of imidazole rings is 1. The number of aryl methyl sites for hydroxylation is 3. The van der Waals surface area contributed by atoms with Crippen LogP contribution < -0.4 is 0 Å². The highest BCUT2D eigenvalue weighted by atomic mass is 15.1. The van der Waals surface area contributed by atoms with E-state index in [-0.39, 0.29) is 0 Å². The van der Waals surface area contributed by atoms with Gasteiger partial charge < -0.3 is 0 Å². The number of rotatable bonds is 5. The van der Waals surface area contributed by atoms with Gasteiger partial charge in [0.2, 0.25) is 0 Å². The normalized spacial score (nSPS) is 11.5. The molecule has 2 heteroatoms. The predicted molar refractivity (Wildman–Crippen MR) is 137 cm³/mol. The first-order valence-corrected chi connectivity index (χ1v) is 11.6. The largest absolute Gasteiger partial charge is 0.299 e. The standard InChI is InChI=1S/C30H34N2/c1-19(2)27-17-25(24-15-21(5)14-22(6)16-24)18-28(20(3)4)29(27)32-13-12-31-30(32)26-11-9-8-10-23(26)7/h8-20H,1-7H3. The van der Waals surface area contributed by atoms with Crippen molar-refractivity contribution in [1.82, 2.24) is 9.55 Å². The van der Waals surface area contributed by atoms with Crippen LogP contribution in [0.25, 0.3) is 28.2 Å². The van der Waals surface area contributed by atoms with Crippen molar-refractivity contribution < 1.29 is 0 Å². The second-order valence-corrected chi connectivity index (χ2v) is 9.62. The van der Waals surface area contributed by atoms with Crippen LogP contribution >= 0.6 is 0 Å². The number of hydrogen-bond acceptors (Lipinski definition) is 1. The van der Waals surface area contributed by atoms with Crippen molar-refractivity contribution in [3.63, 3.8) is 0 Å². The zero-order valence-electron chi connectivity index (χ0n) is 20.4. The summed E-state index contributed by atoms with van der Waals surface area (Å²) < 4.78 is 2.30. The first kappa shape index (κ1) is 22.1. The van der Waals surface area contributed by atoms with E-state index in [1.54, 1.807) is 0 Å². The van der Waals surface area contributed by atoms with Gasteiger partial charge in [-0.15, -0.1) is 0 Å². The third-order valence-corrected chi connectivity index (χ3v) is 6.24. The molecule has 2 nitrogen and oxygen atoms in total. The summed E-state index contributed by atoms with van der Waals surface area (Å²) in [6.07, 6.45) is 4.04. The van der Waals surface area contributed by atoms with Crippen molar-refractivity contribution in [2.24, 2.45) is 0 Å². The van der Waals surface area contributed by atoms with Gasteiger partial charge in [-0.05, 0) is 72.6 Å². The van der Waals surface area contributed by atoms with Crippen molar-refractivity contribution in [3.8, 4) is 28.2 Å². The molecule has 4 aromatic rings. The average molecular weight is 423 g/mol. The van der Waals surface area contributed by atoms with Gasteiger partial charge in [-0.2, -0.15) is 0 Å². The Labute approximate surface area is 193 Å². The van der Waals surface area contributed by atoms with E-state index in [0.29, 0.717) is 11.8 Å². The van der Waals surface area contributed by atoms with Crippen LogP contribution in [-0.2, 0) is 0 Å². The molecular formula is C30H34N2. The zero-order valence-corrected chi connectivity index (χ0v) is 20.4. The highest BCUT2D eigenvalue weighted by Gasteiger charge is 2.21. The molecule has 32 heavy (non-hydrogen) atoms. The fourth-order valence-electron chi connectivity index (χ4n) is 4.65. The van der Waals surface area contributed by atoms with E-state index in [1.807, 2.05) is 6.20 Å². The average Bonchev–Trinajstić information content (AvgIpc) is 3.21. The summed E-state index contributed by atoms with van der Waals surface area (Å²) in [7, 11) is 0. The highest BCUT2D eigenvalue weighted by molar-refractivity contribution is 5.72. The van der Waals surface area contributed by atoms with Crippen molar-refractivity contribution in [2.75, 3.05) is 0 Å². The van der Waals surface area contributed by atoms with Crippen LogP contribution in [0.5, 0.6) is 0 Å². The van der Waals surface area contributed by atoms with Gasteiger partial charge in [0.15, 0.2) is 0 Å². The topological polar surface area (TPSA) is 17.8 Å². The Hall–Kier alpha value is -3.13. The SMILES string of the molecule is Cc1cc(C)cc(-c2cc(C(C)C)c(-n3ccnc3-c3ccccc3C)c(C(C)C)c2)c1. The molecule has 0 N–H and O–H groups in total. The van der Waals surface area contributed by atoms with Gasteiger partial charge >= 0.3 is 0 Å². The van der Waals surface area contributed by atoms with E-state index in [0.717, 1.165) is 5.82 Å². The molecule has 0 atom stereocenters. The summed E-state index contributed by atoms with van der Waals surface area (Å²) in [5.74, 6) is 1.78. The molecule has 0 saturated heterocycles. The van der Waals surface area contributed by atoms with Crippen LogP contribution in [0.3, 0.4) is 0 Å². The summed E-state index contributed by atoms with van der Waals surface area (Å²) in [6.45, 7) is 15.7. The summed E-state index contributed by atoms with van der Waals surface area (Å²) in [4.78, 5) is 4.79. The third-order valence-electron chi connectivity index (χ3n) is 6.24. The van der Waals surface area contributed by atoms with Gasteiger partial charge in [-0.25, -0.2) is 4.98 Å². The van der Waals surface area contributed by atoms with Gasteiger partial charge in [0.05, 0.1) is 5.69 Å². The van der Waals surface area contributed by atoms with Crippen LogP contribution in [0.4, 0.5) is 0 Å². The molecule has 0 bridgehead atoms. The van der Waals surface area contributed by atoms with Gasteiger partial charge in [0.1, 0.15) is 5.82 Å². The molecule has 1 aromatic heterocycles. The lowest BCUT2D eigenvalue weighted by molar-refractivity contribution is 0.807. The predicted octanol–water partition coefficient (Wildman–Crippen LogP) is 8.38. The van der Waals surface area contributed by atoms with Gasteiger partial charge in [-0.3, -0.25) is 4.57 Å². The van der Waals surface area contributed by atoms with Gasteiger partial charge in [-0.1, -0.05) is 81.3 Å². The monoisotopic (exact) mass is 422 g/mol. The molecule has 0 amide bonds. The smallest absolute Gasteiger partial charge is 0.144 e. The van der Waals surface area contributed by atoms with Gasteiger partial charge in [0.25, 0.3) is 0 Å². The first-order valence-electron chi connectivity index (χ1n) is 11.6. The minimum absolute atomic E-state index is 0.389. The van der Waals surface area contributed by atoms with Crippen molar-refractivity contribution in [2.45, 2.75) is 60.3 Å². The van der Waals surface area contributed by atoms with Crippen LogP contribution in [0, 0.1) is 20.8 Å². The first-order chi connectivity index (χ1) is 15.3. The Morgan fingerprint density at radius 3 is 1.84 bits per heavy atom. The Balaban J connectivity index is 2.00. The minimum atomic E-state index is 0.389. The molecule has 0 radical (unpaired) electrons. The van der Waals surface area contributed by atoms with Crippen molar-refractivity contribution in [3.05, 3.63) is 94.8 Å². The van der Waals surface area contributed by atoms with E-state index in [4.69, 9.17) is 4.98 Å². The number of benzene rings is 3. The molecule has 3 aromatic carbocycles. The van der Waals surface area contributed by atoms with E-state index in [9.17, 15) is 0 Å². The summed E-state index contributed by atoms with van der Waals surface area (Å²) in [5.41, 5.74) is 11.6. The summed E-state index contributed by atoms with van der Waals surface area (Å²) in [6, 6.07) is 20.1. The molecule has 0 aliphatic heterocycles. The molecule has 0 aliphatic rings. The second kappa shape index (κ2) is 8.78. The van der Waals surface area contributed by atoms with Gasteiger partial charge in [0, 0.05) is 18.0 Å². The Kier molecular flexibility index (Phi) is 6.06. The lowest BCUT2D eigenvalue weighted by Gasteiger charge is -2.24. The third kappa shape index (κ3) is 4.14. The maximum absolute atomic E-state index is 4.79. The Morgan fingerprint density at radius 2 is 1.28 bits per heavy atom. The lowest BCUT2D eigenvalue weighted by Crippen LogP contribution is -2.09. The maximum atomic E-state index is 4.79. The molecule has 0 saturated carbocycles. The number of aromatic nitrogens is 2. The van der Waals surface area contributed by atoms with E-state index >= 15 is 0 Å². The molecule has 164 valence electrons. The molecule has 4 rings (SSSR count). The van der Waals surface area contributed by atoms with E-state index in [2.05, 4.69) is 114 Å². The summed E-state index contributed by atoms with van der Waals surface area (Å²) >= 11 is 0. The fourth-order valence-corrected chi connectivity index (χ4v) is 4.65. The number of nitrogens with zero attached hydrogens (tertiary/aromatic N) is 2. The zero-order chi connectivity index (χ0) is 23.0. The Morgan fingerprint density at radius 1 is 0.719 bits per heavy atom. The van der Waals surface area contributed by atoms with Crippen LogP contribution in [-0.4, -0.2) is 9.55 Å². The lowest BCUT2D eigenvalue weighted by atomic mass is 9.87. The quantitative estimate of drug-likeness (QED) is 0.316. The molecule has 0 unspecified atom stereocenters. The van der Waals surface area contributed by atoms with Crippen molar-refractivity contribution >= 4 is 0 Å². The van der Waals surface area contributed by atoms with Crippen LogP contribution in [0.2, 0.25) is 0 Å². The second-order valence-electron chi connectivity index (χ2n) is 9.62. The number of hydrogen-bond donors (Lipinski definition) is 0. The van der Waals surface area contributed by atoms with Crippen LogP contribution in [0.15, 0.2) is 67.0 Å². The van der Waals surface area contributed by atoms with E-state index < -0.39 is 0 Å². The summed E-state index contributed by atoms with van der Waals surface area (Å²) in [5, 5.41) is 0. The molecule has 0 spiro atoms. The molecular weight excluding hydrogens is 388 g/mol. The minimum Gasteiger partial charge on any atom is -0.299 e.